The van der Waals surface area contributed by atoms with Crippen molar-refractivity contribution in [3.63, 3.8) is 0 Å². The van der Waals surface area contributed by atoms with E-state index in [9.17, 15) is 4.79 Å². The molecule has 0 radical (unpaired) electrons. The van der Waals surface area contributed by atoms with Gasteiger partial charge in [-0.15, -0.1) is 5.10 Å². The zero-order valence-electron chi connectivity index (χ0n) is 13.1. The average molecular weight is 340 g/mol. The highest BCUT2D eigenvalue weighted by Gasteiger charge is 2.34. The van der Waals surface area contributed by atoms with Crippen molar-refractivity contribution in [2.45, 2.75) is 16.8 Å². The van der Waals surface area contributed by atoms with Crippen LogP contribution in [0.5, 0.6) is 0 Å². The molecule has 0 N–H and O–H groups in total. The van der Waals surface area contributed by atoms with Gasteiger partial charge in [-0.3, -0.25) is 9.48 Å². The van der Waals surface area contributed by atoms with E-state index in [1.54, 1.807) is 26.8 Å². The van der Waals surface area contributed by atoms with Crippen LogP contribution >= 0.6 is 11.8 Å². The summed E-state index contributed by atoms with van der Waals surface area (Å²) in [5, 5.41) is 9.05. The molecule has 1 fully saturated rings. The molecule has 1 atom stereocenters. The minimum atomic E-state index is -0.156. The van der Waals surface area contributed by atoms with Crippen molar-refractivity contribution in [3.05, 3.63) is 49.1 Å². The number of amides is 1. The van der Waals surface area contributed by atoms with Crippen molar-refractivity contribution < 1.29 is 4.79 Å². The lowest BCUT2D eigenvalue weighted by molar-refractivity contribution is -0.116. The molecule has 1 aliphatic heterocycles. The van der Waals surface area contributed by atoms with Crippen LogP contribution < -0.4 is 4.90 Å². The van der Waals surface area contributed by atoms with Gasteiger partial charge in [0.25, 0.3) is 0 Å². The van der Waals surface area contributed by atoms with Crippen molar-refractivity contribution in [2.75, 3.05) is 11.4 Å². The van der Waals surface area contributed by atoms with Crippen LogP contribution in [-0.2, 0) is 11.8 Å². The Morgan fingerprint density at radius 3 is 2.79 bits per heavy atom. The lowest BCUT2D eigenvalue weighted by Crippen LogP contribution is -2.27. The first-order valence-corrected chi connectivity index (χ1v) is 8.52. The number of benzene rings is 1. The molecule has 1 saturated heterocycles. The monoisotopic (exact) mass is 340 g/mol. The molecule has 2 aromatic heterocycles. The molecule has 0 saturated carbocycles. The number of aromatic nitrogens is 5. The Kier molecular flexibility index (Phi) is 3.81. The van der Waals surface area contributed by atoms with E-state index in [0.717, 1.165) is 17.8 Å². The van der Waals surface area contributed by atoms with Gasteiger partial charge in [0.1, 0.15) is 6.33 Å². The number of carbonyl (C=O) groups is 1. The van der Waals surface area contributed by atoms with Gasteiger partial charge in [0.2, 0.25) is 11.1 Å². The third kappa shape index (κ3) is 2.80. The molecule has 122 valence electrons. The highest BCUT2D eigenvalue weighted by atomic mass is 32.2. The Hall–Kier alpha value is -2.61. The summed E-state index contributed by atoms with van der Waals surface area (Å²) in [5.74, 6) is 0.0871. The number of carbonyl (C=O) groups excluding carboxylic acids is 1. The zero-order chi connectivity index (χ0) is 16.5. The van der Waals surface area contributed by atoms with E-state index in [1.165, 1.54) is 11.8 Å². The second-order valence-corrected chi connectivity index (χ2v) is 6.73. The Bertz CT molecular complexity index is 858. The summed E-state index contributed by atoms with van der Waals surface area (Å²) in [5.41, 5.74) is 1.79. The van der Waals surface area contributed by atoms with Crippen LogP contribution in [0.15, 0.2) is 54.2 Å². The minimum Gasteiger partial charge on any atom is -0.308 e. The third-order valence-electron chi connectivity index (χ3n) is 3.90. The predicted octanol–water partition coefficient (Wildman–Crippen LogP) is 1.90. The second-order valence-electron chi connectivity index (χ2n) is 5.56. The van der Waals surface area contributed by atoms with E-state index in [4.69, 9.17) is 0 Å². The number of thioether (sulfide) groups is 1. The molecule has 0 unspecified atom stereocenters. The van der Waals surface area contributed by atoms with Crippen molar-refractivity contribution >= 4 is 23.4 Å². The van der Waals surface area contributed by atoms with Crippen LogP contribution in [0.1, 0.15) is 6.42 Å². The number of hydrogen-bond donors (Lipinski definition) is 0. The fourth-order valence-electron chi connectivity index (χ4n) is 2.70. The van der Waals surface area contributed by atoms with E-state index in [0.29, 0.717) is 11.7 Å². The van der Waals surface area contributed by atoms with Crippen molar-refractivity contribution in [2.24, 2.45) is 7.05 Å². The van der Waals surface area contributed by atoms with Gasteiger partial charge in [0.05, 0.1) is 22.8 Å². The largest absolute Gasteiger partial charge is 0.308 e. The first-order chi connectivity index (χ1) is 11.7. The van der Waals surface area contributed by atoms with E-state index in [-0.39, 0.29) is 11.2 Å². The van der Waals surface area contributed by atoms with E-state index >= 15 is 0 Å². The molecule has 1 amide bonds. The third-order valence-corrected chi connectivity index (χ3v) is 5.02. The molecular formula is C16H16N6OS. The average Bonchev–Trinajstić information content (AvgIpc) is 3.31. The molecule has 3 aromatic rings. The normalized spacial score (nSPS) is 17.6. The maximum Gasteiger partial charge on any atom is 0.240 e. The van der Waals surface area contributed by atoms with Crippen molar-refractivity contribution in [1.82, 2.24) is 24.5 Å². The first-order valence-electron chi connectivity index (χ1n) is 7.64. The molecule has 24 heavy (non-hydrogen) atoms. The molecular weight excluding hydrogens is 324 g/mol. The quantitative estimate of drug-likeness (QED) is 0.725. The Labute approximate surface area is 143 Å². The number of hydrogen-bond acceptors (Lipinski definition) is 5. The summed E-state index contributed by atoms with van der Waals surface area (Å²) < 4.78 is 3.42. The predicted molar refractivity (Wildman–Crippen MR) is 91.2 cm³/mol. The lowest BCUT2D eigenvalue weighted by Gasteiger charge is -2.13. The fourth-order valence-corrected chi connectivity index (χ4v) is 3.65. The summed E-state index contributed by atoms with van der Waals surface area (Å²) >= 11 is 1.42. The van der Waals surface area contributed by atoms with Crippen LogP contribution in [0.25, 0.3) is 5.69 Å². The van der Waals surface area contributed by atoms with Gasteiger partial charge in [-0.1, -0.05) is 30.0 Å². The standard InChI is InChI=1S/C16H16N6OS/c1-20-10-13(9-18-20)21-8-7-14(15(21)23)24-16-17-11-22(19-16)12-5-3-2-4-6-12/h2-6,9-11,14H,7-8H2,1H3/t14-/m1/s1. The molecule has 0 aliphatic carbocycles. The summed E-state index contributed by atoms with van der Waals surface area (Å²) in [6, 6.07) is 9.80. The number of para-hydroxylation sites is 1. The maximum absolute atomic E-state index is 12.6. The SMILES string of the molecule is Cn1cc(N2CC[C@@H](Sc3ncn(-c4ccccc4)n3)C2=O)cn1. The fraction of sp³-hybridized carbons (Fsp3) is 0.250. The summed E-state index contributed by atoms with van der Waals surface area (Å²) in [4.78, 5) is 18.7. The Morgan fingerprint density at radius 1 is 1.21 bits per heavy atom. The Morgan fingerprint density at radius 2 is 2.04 bits per heavy atom. The van der Waals surface area contributed by atoms with Gasteiger partial charge in [0, 0.05) is 19.8 Å². The Balaban J connectivity index is 1.47. The number of aryl methyl sites for hydroxylation is 1. The zero-order valence-corrected chi connectivity index (χ0v) is 13.9. The van der Waals surface area contributed by atoms with Gasteiger partial charge in [-0.05, 0) is 18.6 Å². The molecule has 4 rings (SSSR count). The summed E-state index contributed by atoms with van der Waals surface area (Å²) in [7, 11) is 1.84. The highest BCUT2D eigenvalue weighted by molar-refractivity contribution is 8.00. The van der Waals surface area contributed by atoms with Gasteiger partial charge in [0.15, 0.2) is 0 Å². The van der Waals surface area contributed by atoms with Gasteiger partial charge in [-0.2, -0.15) is 5.10 Å². The number of rotatable bonds is 4. The topological polar surface area (TPSA) is 68.8 Å². The summed E-state index contributed by atoms with van der Waals surface area (Å²) in [6.07, 6.45) is 6.02. The number of nitrogens with zero attached hydrogens (tertiary/aromatic N) is 6. The molecule has 1 aromatic carbocycles. The highest BCUT2D eigenvalue weighted by Crippen LogP contribution is 2.31. The van der Waals surface area contributed by atoms with Gasteiger partial charge < -0.3 is 4.90 Å². The van der Waals surface area contributed by atoms with E-state index < -0.39 is 0 Å². The van der Waals surface area contributed by atoms with E-state index in [2.05, 4.69) is 15.2 Å². The van der Waals surface area contributed by atoms with Crippen LogP contribution in [0.2, 0.25) is 0 Å². The van der Waals surface area contributed by atoms with Gasteiger partial charge in [-0.25, -0.2) is 9.67 Å². The molecule has 0 bridgehead atoms. The molecule has 3 heterocycles. The van der Waals surface area contributed by atoms with Crippen LogP contribution in [-0.4, -0.2) is 42.2 Å². The van der Waals surface area contributed by atoms with Crippen LogP contribution in [0, 0.1) is 0 Å². The smallest absolute Gasteiger partial charge is 0.240 e. The van der Waals surface area contributed by atoms with Crippen molar-refractivity contribution in [3.8, 4) is 5.69 Å². The van der Waals surface area contributed by atoms with Gasteiger partial charge >= 0.3 is 0 Å². The van der Waals surface area contributed by atoms with Crippen LogP contribution in [0.4, 0.5) is 5.69 Å². The van der Waals surface area contributed by atoms with E-state index in [1.807, 2.05) is 43.6 Å². The summed E-state index contributed by atoms with van der Waals surface area (Å²) in [6.45, 7) is 0.696. The van der Waals surface area contributed by atoms with Crippen LogP contribution in [0.3, 0.4) is 0 Å². The molecule has 7 nitrogen and oxygen atoms in total. The molecule has 1 aliphatic rings. The maximum atomic E-state index is 12.6. The number of anilines is 1. The second kappa shape index (κ2) is 6.12. The first kappa shape index (κ1) is 14.9. The lowest BCUT2D eigenvalue weighted by atomic mass is 10.3. The van der Waals surface area contributed by atoms with Crippen molar-refractivity contribution in [1.29, 1.82) is 0 Å². The molecule has 8 heteroatoms. The minimum absolute atomic E-state index is 0.0871. The molecule has 0 spiro atoms.